The Kier molecular flexibility index (Phi) is 4.10. The van der Waals surface area contributed by atoms with Gasteiger partial charge in [0.1, 0.15) is 12.4 Å². The van der Waals surface area contributed by atoms with Gasteiger partial charge in [0.05, 0.1) is 5.56 Å². The van der Waals surface area contributed by atoms with Gasteiger partial charge in [-0.05, 0) is 40.5 Å². The van der Waals surface area contributed by atoms with Crippen molar-refractivity contribution < 1.29 is 9.53 Å². The van der Waals surface area contributed by atoms with Crippen LogP contribution in [0.2, 0.25) is 0 Å². The van der Waals surface area contributed by atoms with E-state index in [4.69, 9.17) is 4.74 Å². The Morgan fingerprint density at radius 2 is 2.22 bits per heavy atom. The lowest BCUT2D eigenvalue weighted by Gasteiger charge is -2.11. The van der Waals surface area contributed by atoms with Gasteiger partial charge in [-0.25, -0.2) is 0 Å². The molecule has 1 aromatic carbocycles. The third-order valence-corrected chi connectivity index (χ3v) is 2.95. The van der Waals surface area contributed by atoms with Crippen molar-refractivity contribution in [1.82, 2.24) is 4.98 Å². The molecule has 0 N–H and O–H groups in total. The number of para-hydroxylation sites is 1. The van der Waals surface area contributed by atoms with Crippen LogP contribution in [0, 0.1) is 6.92 Å². The molecule has 0 aliphatic heterocycles. The minimum absolute atomic E-state index is 0.387. The van der Waals surface area contributed by atoms with E-state index in [1.165, 1.54) is 0 Å². The largest absolute Gasteiger partial charge is 0.488 e. The number of rotatable bonds is 4. The first-order chi connectivity index (χ1) is 8.70. The highest BCUT2D eigenvalue weighted by Crippen LogP contribution is 2.23. The summed E-state index contributed by atoms with van der Waals surface area (Å²) < 4.78 is 6.61. The number of hydrogen-bond donors (Lipinski definition) is 0. The van der Waals surface area contributed by atoms with Crippen LogP contribution in [-0.2, 0) is 6.61 Å². The zero-order valence-corrected chi connectivity index (χ0v) is 11.5. The van der Waals surface area contributed by atoms with Crippen LogP contribution >= 0.6 is 15.9 Å². The summed E-state index contributed by atoms with van der Waals surface area (Å²) in [6, 6.07) is 7.44. The van der Waals surface area contributed by atoms with E-state index in [1.54, 1.807) is 18.5 Å². The van der Waals surface area contributed by atoms with Crippen molar-refractivity contribution >= 4 is 22.2 Å². The molecule has 0 radical (unpaired) electrons. The zero-order chi connectivity index (χ0) is 13.0. The van der Waals surface area contributed by atoms with Crippen LogP contribution in [0.15, 0.2) is 41.1 Å². The molecule has 4 heteroatoms. The number of ether oxygens (including phenoxy) is 1. The Bertz CT molecular complexity index is 569. The van der Waals surface area contributed by atoms with Crippen molar-refractivity contribution in [1.29, 1.82) is 0 Å². The average Bonchev–Trinajstić information content (AvgIpc) is 2.37. The SMILES string of the molecule is Cc1cccc(C=O)c1OCc1cncc(Br)c1. The summed E-state index contributed by atoms with van der Waals surface area (Å²) in [4.78, 5) is 15.0. The van der Waals surface area contributed by atoms with E-state index in [-0.39, 0.29) is 0 Å². The monoisotopic (exact) mass is 305 g/mol. The summed E-state index contributed by atoms with van der Waals surface area (Å²) in [5.74, 6) is 0.632. The van der Waals surface area contributed by atoms with Gasteiger partial charge >= 0.3 is 0 Å². The Balaban J connectivity index is 2.18. The summed E-state index contributed by atoms with van der Waals surface area (Å²) in [5.41, 5.74) is 2.46. The molecule has 0 bridgehead atoms. The molecule has 0 aliphatic carbocycles. The fourth-order valence-electron chi connectivity index (χ4n) is 1.66. The third kappa shape index (κ3) is 2.96. The highest BCUT2D eigenvalue weighted by Gasteiger charge is 2.06. The summed E-state index contributed by atoms with van der Waals surface area (Å²) in [7, 11) is 0. The number of nitrogens with zero attached hydrogens (tertiary/aromatic N) is 1. The maximum atomic E-state index is 10.9. The maximum Gasteiger partial charge on any atom is 0.153 e. The van der Waals surface area contributed by atoms with Gasteiger partial charge in [-0.2, -0.15) is 0 Å². The van der Waals surface area contributed by atoms with Crippen molar-refractivity contribution in [3.63, 3.8) is 0 Å². The van der Waals surface area contributed by atoms with Gasteiger partial charge < -0.3 is 4.74 Å². The lowest BCUT2D eigenvalue weighted by molar-refractivity contribution is 0.111. The lowest BCUT2D eigenvalue weighted by atomic mass is 10.1. The molecule has 0 atom stereocenters. The van der Waals surface area contributed by atoms with Crippen LogP contribution in [-0.4, -0.2) is 11.3 Å². The van der Waals surface area contributed by atoms with Crippen molar-refractivity contribution in [3.05, 3.63) is 57.8 Å². The first kappa shape index (κ1) is 12.8. The highest BCUT2D eigenvalue weighted by molar-refractivity contribution is 9.10. The molecule has 0 aliphatic rings. The normalized spacial score (nSPS) is 10.1. The van der Waals surface area contributed by atoms with E-state index in [1.807, 2.05) is 25.1 Å². The number of aromatic nitrogens is 1. The second-order valence-corrected chi connectivity index (χ2v) is 4.83. The summed E-state index contributed by atoms with van der Waals surface area (Å²) in [6.45, 7) is 2.31. The Hall–Kier alpha value is -1.68. The average molecular weight is 306 g/mol. The quantitative estimate of drug-likeness (QED) is 0.811. The van der Waals surface area contributed by atoms with Crippen LogP contribution in [0.25, 0.3) is 0 Å². The number of hydrogen-bond acceptors (Lipinski definition) is 3. The van der Waals surface area contributed by atoms with Gasteiger partial charge in [-0.3, -0.25) is 9.78 Å². The number of benzene rings is 1. The minimum atomic E-state index is 0.387. The first-order valence-corrected chi connectivity index (χ1v) is 6.27. The highest BCUT2D eigenvalue weighted by atomic mass is 79.9. The number of halogens is 1. The Morgan fingerprint density at radius 1 is 1.39 bits per heavy atom. The molecular weight excluding hydrogens is 294 g/mol. The van der Waals surface area contributed by atoms with E-state index in [2.05, 4.69) is 20.9 Å². The lowest BCUT2D eigenvalue weighted by Crippen LogP contribution is -2.00. The van der Waals surface area contributed by atoms with Gasteiger partial charge in [0.15, 0.2) is 6.29 Å². The van der Waals surface area contributed by atoms with Gasteiger partial charge in [0.25, 0.3) is 0 Å². The smallest absolute Gasteiger partial charge is 0.153 e. The van der Waals surface area contributed by atoms with E-state index >= 15 is 0 Å². The summed E-state index contributed by atoms with van der Waals surface area (Å²) in [5, 5.41) is 0. The molecule has 0 amide bonds. The molecule has 2 aromatic rings. The van der Waals surface area contributed by atoms with E-state index in [0.717, 1.165) is 21.9 Å². The minimum Gasteiger partial charge on any atom is -0.488 e. The Morgan fingerprint density at radius 3 is 2.94 bits per heavy atom. The molecular formula is C14H12BrNO2. The standard InChI is InChI=1S/C14H12BrNO2/c1-10-3-2-4-12(8-17)14(10)18-9-11-5-13(15)7-16-6-11/h2-8H,9H2,1H3. The molecule has 0 saturated carbocycles. The topological polar surface area (TPSA) is 39.2 Å². The third-order valence-electron chi connectivity index (χ3n) is 2.51. The van der Waals surface area contributed by atoms with Gasteiger partial charge in [-0.15, -0.1) is 0 Å². The number of pyridine rings is 1. The molecule has 1 aromatic heterocycles. The van der Waals surface area contributed by atoms with E-state index in [0.29, 0.717) is 17.9 Å². The van der Waals surface area contributed by atoms with Crippen LogP contribution < -0.4 is 4.74 Å². The molecule has 0 spiro atoms. The number of carbonyl (C=O) groups is 1. The second kappa shape index (κ2) is 5.78. The van der Waals surface area contributed by atoms with Gasteiger partial charge in [0, 0.05) is 22.4 Å². The molecule has 1 heterocycles. The predicted molar refractivity (Wildman–Crippen MR) is 72.8 cm³/mol. The fourth-order valence-corrected chi connectivity index (χ4v) is 2.07. The van der Waals surface area contributed by atoms with Crippen LogP contribution in [0.1, 0.15) is 21.5 Å². The fraction of sp³-hybridized carbons (Fsp3) is 0.143. The molecule has 0 saturated heterocycles. The van der Waals surface area contributed by atoms with Crippen molar-refractivity contribution in [3.8, 4) is 5.75 Å². The van der Waals surface area contributed by atoms with Gasteiger partial charge in [-0.1, -0.05) is 12.1 Å². The van der Waals surface area contributed by atoms with E-state index in [9.17, 15) is 4.79 Å². The van der Waals surface area contributed by atoms with Gasteiger partial charge in [0.2, 0.25) is 0 Å². The first-order valence-electron chi connectivity index (χ1n) is 5.47. The molecule has 2 rings (SSSR count). The number of aldehydes is 1. The summed E-state index contributed by atoms with van der Waals surface area (Å²) >= 11 is 3.36. The molecule has 18 heavy (non-hydrogen) atoms. The molecule has 92 valence electrons. The molecule has 0 unspecified atom stereocenters. The van der Waals surface area contributed by atoms with Crippen LogP contribution in [0.4, 0.5) is 0 Å². The molecule has 3 nitrogen and oxygen atoms in total. The van der Waals surface area contributed by atoms with Crippen molar-refractivity contribution in [2.24, 2.45) is 0 Å². The van der Waals surface area contributed by atoms with Crippen molar-refractivity contribution in [2.45, 2.75) is 13.5 Å². The van der Waals surface area contributed by atoms with Crippen LogP contribution in [0.3, 0.4) is 0 Å². The Labute approximate surface area is 114 Å². The van der Waals surface area contributed by atoms with Crippen LogP contribution in [0.5, 0.6) is 5.75 Å². The number of carbonyl (C=O) groups excluding carboxylic acids is 1. The van der Waals surface area contributed by atoms with Crippen molar-refractivity contribution in [2.75, 3.05) is 0 Å². The number of aryl methyl sites for hydroxylation is 1. The summed E-state index contributed by atoms with van der Waals surface area (Å²) in [6.07, 6.45) is 4.26. The second-order valence-electron chi connectivity index (χ2n) is 3.91. The van der Waals surface area contributed by atoms with E-state index < -0.39 is 0 Å². The predicted octanol–water partition coefficient (Wildman–Crippen LogP) is 3.54. The zero-order valence-electron chi connectivity index (χ0n) is 9.89. The maximum absolute atomic E-state index is 10.9. The molecule has 0 fully saturated rings.